The summed E-state index contributed by atoms with van der Waals surface area (Å²) >= 11 is 0. The number of aliphatic hydroxyl groups excluding tert-OH is 2. The van der Waals surface area contributed by atoms with Gasteiger partial charge in [0, 0.05) is 17.3 Å². The minimum absolute atomic E-state index is 0.0291. The molecule has 0 aromatic rings. The molecule has 1 spiro atoms. The Morgan fingerprint density at radius 2 is 1.85 bits per heavy atom. The van der Waals surface area contributed by atoms with E-state index in [-0.39, 0.29) is 25.0 Å². The van der Waals surface area contributed by atoms with Crippen LogP contribution in [0, 0.1) is 28.6 Å². The van der Waals surface area contributed by atoms with Crippen LogP contribution in [0.5, 0.6) is 0 Å². The Bertz CT molecular complexity index is 1160. The first kappa shape index (κ1) is 30.1. The van der Waals surface area contributed by atoms with E-state index in [1.807, 2.05) is 6.08 Å². The Balaban J connectivity index is 1.38. The molecule has 9 nitrogen and oxygen atoms in total. The second-order valence-corrected chi connectivity index (χ2v) is 13.0. The third kappa shape index (κ3) is 4.46. The Hall–Kier alpha value is -2.33. The minimum atomic E-state index is -2.17. The molecule has 5 rings (SSSR count). The van der Waals surface area contributed by atoms with Gasteiger partial charge in [-0.2, -0.15) is 0 Å². The van der Waals surface area contributed by atoms with Crippen molar-refractivity contribution in [1.82, 2.24) is 0 Å². The lowest BCUT2D eigenvalue weighted by Gasteiger charge is -2.67. The molecule has 5 aliphatic rings. The monoisotopic (exact) mass is 572 g/mol. The van der Waals surface area contributed by atoms with Gasteiger partial charge in [-0.15, -0.1) is 0 Å². The summed E-state index contributed by atoms with van der Waals surface area (Å²) in [6.45, 7) is 9.60. The van der Waals surface area contributed by atoms with Crippen LogP contribution in [0.3, 0.4) is 0 Å². The van der Waals surface area contributed by atoms with Crippen molar-refractivity contribution in [1.29, 1.82) is 0 Å². The molecule has 0 aromatic carbocycles. The molecule has 226 valence electrons. The van der Waals surface area contributed by atoms with Gasteiger partial charge in [0.15, 0.2) is 11.6 Å². The standard InChI is InChI=1S/C32H44O9/c1-5-6-7-8-9-10-11-12-13-14-23(34)41-25-24-19(3)26(35)32(38)29-30(4)20(18(2)15-21(33)27(30)36)16-22(40-28(25)37)31(24,29)17-39-32/h12-13,15,20,22,24-27,29,35-36,38H,3,5-11,14,16-17H2,1-2,4H3/b13-12-/t20-,22+,24-,25-,26-,27+,29-,30+,31-,32+/m0/s1. The fourth-order valence-electron chi connectivity index (χ4n) is 8.83. The molecule has 2 bridgehead atoms. The maximum Gasteiger partial charge on any atom is 0.348 e. The number of hydrogen-bond acceptors (Lipinski definition) is 9. The van der Waals surface area contributed by atoms with Crippen molar-refractivity contribution in [3.63, 3.8) is 0 Å². The van der Waals surface area contributed by atoms with Crippen molar-refractivity contribution in [3.05, 3.63) is 36.0 Å². The van der Waals surface area contributed by atoms with Gasteiger partial charge in [0.05, 0.1) is 18.4 Å². The van der Waals surface area contributed by atoms with E-state index >= 15 is 0 Å². The lowest BCUT2D eigenvalue weighted by molar-refractivity contribution is -0.311. The fourth-order valence-corrected chi connectivity index (χ4v) is 8.83. The van der Waals surface area contributed by atoms with Crippen LogP contribution in [-0.2, 0) is 28.6 Å². The third-order valence-electron chi connectivity index (χ3n) is 10.7. The summed E-state index contributed by atoms with van der Waals surface area (Å²) in [7, 11) is 0. The van der Waals surface area contributed by atoms with Crippen molar-refractivity contribution < 1.29 is 43.9 Å². The average Bonchev–Trinajstić information content (AvgIpc) is 3.22. The highest BCUT2D eigenvalue weighted by atomic mass is 16.7. The second-order valence-electron chi connectivity index (χ2n) is 13.0. The van der Waals surface area contributed by atoms with Crippen molar-refractivity contribution in [2.24, 2.45) is 28.6 Å². The number of carbonyl (C=O) groups is 3. The van der Waals surface area contributed by atoms with Gasteiger partial charge in [0.1, 0.15) is 18.3 Å². The highest BCUT2D eigenvalue weighted by Gasteiger charge is 2.83. The first-order valence-electron chi connectivity index (χ1n) is 15.1. The molecule has 2 aliphatic heterocycles. The minimum Gasteiger partial charge on any atom is -0.459 e. The van der Waals surface area contributed by atoms with E-state index in [0.29, 0.717) is 5.57 Å². The molecule has 0 radical (unpaired) electrons. The number of ketones is 1. The van der Waals surface area contributed by atoms with E-state index in [9.17, 15) is 29.7 Å². The fraction of sp³-hybridized carbons (Fsp3) is 0.719. The number of allylic oxidation sites excluding steroid dienone is 2. The van der Waals surface area contributed by atoms with Crippen LogP contribution in [0.15, 0.2) is 36.0 Å². The molecule has 0 aromatic heterocycles. The van der Waals surface area contributed by atoms with Gasteiger partial charge in [-0.25, -0.2) is 4.79 Å². The van der Waals surface area contributed by atoms with Crippen molar-refractivity contribution in [3.8, 4) is 0 Å². The zero-order valence-electron chi connectivity index (χ0n) is 24.3. The predicted molar refractivity (Wildman–Crippen MR) is 148 cm³/mol. The topological polar surface area (TPSA) is 140 Å². The highest BCUT2D eigenvalue weighted by molar-refractivity contribution is 5.96. The summed E-state index contributed by atoms with van der Waals surface area (Å²) in [5.41, 5.74) is -1.59. The molecule has 3 aliphatic carbocycles. The molecule has 3 N–H and O–H groups in total. The predicted octanol–water partition coefficient (Wildman–Crippen LogP) is 3.30. The first-order valence-corrected chi connectivity index (χ1v) is 15.1. The summed E-state index contributed by atoms with van der Waals surface area (Å²) in [4.78, 5) is 39.2. The SMILES string of the molecule is C=C1[C@H](O)[C@@]2(O)OC[C@@]34[C@@H](C[C@H]5C(C)=CC(=O)[C@@H](O)[C@]5(C)[C@H]23)OC(=O)[C@@H](OC(=O)C/C=C\CCCCCCCC)[C@H]14. The van der Waals surface area contributed by atoms with Crippen molar-refractivity contribution in [2.45, 2.75) is 109 Å². The van der Waals surface area contributed by atoms with Crippen LogP contribution in [0.2, 0.25) is 0 Å². The zero-order valence-corrected chi connectivity index (χ0v) is 24.3. The second kappa shape index (κ2) is 11.1. The number of unbranched alkanes of at least 4 members (excludes halogenated alkanes) is 6. The van der Waals surface area contributed by atoms with E-state index in [2.05, 4.69) is 13.5 Å². The summed E-state index contributed by atoms with van der Waals surface area (Å²) < 4.78 is 17.6. The normalized spacial score (nSPS) is 42.9. The lowest BCUT2D eigenvalue weighted by Crippen LogP contribution is -2.76. The van der Waals surface area contributed by atoms with Crippen molar-refractivity contribution in [2.75, 3.05) is 6.61 Å². The van der Waals surface area contributed by atoms with Gasteiger partial charge < -0.3 is 29.5 Å². The molecule has 0 unspecified atom stereocenters. The number of hydrogen-bond donors (Lipinski definition) is 3. The molecule has 10 atom stereocenters. The van der Waals surface area contributed by atoms with Gasteiger partial charge in [-0.05, 0) is 43.8 Å². The average molecular weight is 573 g/mol. The molecule has 41 heavy (non-hydrogen) atoms. The number of ether oxygens (including phenoxy) is 3. The largest absolute Gasteiger partial charge is 0.459 e. The third-order valence-corrected chi connectivity index (χ3v) is 10.7. The van der Waals surface area contributed by atoms with Gasteiger partial charge in [-0.1, -0.05) is 70.3 Å². The number of fused-ring (bicyclic) bond motifs is 1. The van der Waals surface area contributed by atoms with Crippen LogP contribution in [0.1, 0.15) is 78.6 Å². The number of aliphatic hydroxyl groups is 3. The number of esters is 2. The molecule has 9 heteroatoms. The Morgan fingerprint density at radius 3 is 2.59 bits per heavy atom. The summed E-state index contributed by atoms with van der Waals surface area (Å²) in [5.74, 6) is -6.38. The van der Waals surface area contributed by atoms with Gasteiger partial charge >= 0.3 is 11.9 Å². The lowest BCUT2D eigenvalue weighted by atomic mass is 9.38. The van der Waals surface area contributed by atoms with Crippen LogP contribution in [-0.4, -0.2) is 69.9 Å². The molecular weight excluding hydrogens is 528 g/mol. The molecule has 2 saturated carbocycles. The number of carbonyl (C=O) groups excluding carboxylic acids is 3. The van der Waals surface area contributed by atoms with Crippen LogP contribution >= 0.6 is 0 Å². The van der Waals surface area contributed by atoms with Gasteiger partial charge in [0.25, 0.3) is 0 Å². The highest BCUT2D eigenvalue weighted by Crippen LogP contribution is 2.73. The van der Waals surface area contributed by atoms with Gasteiger partial charge in [-0.3, -0.25) is 9.59 Å². The van der Waals surface area contributed by atoms with E-state index in [1.165, 1.54) is 31.8 Å². The van der Waals surface area contributed by atoms with Crippen LogP contribution in [0.4, 0.5) is 0 Å². The Morgan fingerprint density at radius 1 is 1.15 bits per heavy atom. The van der Waals surface area contributed by atoms with E-state index in [4.69, 9.17) is 14.2 Å². The zero-order chi connectivity index (χ0) is 29.7. The number of rotatable bonds is 10. The summed E-state index contributed by atoms with van der Waals surface area (Å²) in [6, 6.07) is 0. The van der Waals surface area contributed by atoms with E-state index in [0.717, 1.165) is 19.3 Å². The molecule has 2 heterocycles. The maximum atomic E-state index is 13.4. The molecule has 2 saturated heterocycles. The Labute approximate surface area is 241 Å². The summed E-state index contributed by atoms with van der Waals surface area (Å²) in [6.07, 6.45) is 7.98. The first-order chi connectivity index (χ1) is 19.4. The molecule has 4 fully saturated rings. The van der Waals surface area contributed by atoms with E-state index < -0.39 is 76.5 Å². The summed E-state index contributed by atoms with van der Waals surface area (Å²) in [5, 5.41) is 34.5. The van der Waals surface area contributed by atoms with Crippen molar-refractivity contribution >= 4 is 17.7 Å². The quantitative estimate of drug-likeness (QED) is 0.204. The van der Waals surface area contributed by atoms with Crippen LogP contribution in [0.25, 0.3) is 0 Å². The molecule has 0 amide bonds. The van der Waals surface area contributed by atoms with E-state index in [1.54, 1.807) is 19.9 Å². The maximum absolute atomic E-state index is 13.4. The molecular formula is C32H44O9. The van der Waals surface area contributed by atoms with Crippen LogP contribution < -0.4 is 0 Å². The smallest absolute Gasteiger partial charge is 0.348 e. The van der Waals surface area contributed by atoms with Gasteiger partial charge in [0.2, 0.25) is 6.10 Å². The Kier molecular flexibility index (Phi) is 8.13.